The lowest BCUT2D eigenvalue weighted by Gasteiger charge is -2.12. The van der Waals surface area contributed by atoms with E-state index in [-0.39, 0.29) is 0 Å². The number of rotatable bonds is 5. The number of hydrogen-bond donors (Lipinski definition) is 0. The third kappa shape index (κ3) is 3.71. The van der Waals surface area contributed by atoms with Gasteiger partial charge in [0.1, 0.15) is 0 Å². The Labute approximate surface area is 110 Å². The molecule has 2 rings (SSSR count). The van der Waals surface area contributed by atoms with Crippen molar-refractivity contribution in [3.8, 4) is 0 Å². The van der Waals surface area contributed by atoms with Crippen LogP contribution in [0.3, 0.4) is 0 Å². The molecule has 0 bridgehead atoms. The summed E-state index contributed by atoms with van der Waals surface area (Å²) in [5, 5.41) is 0. The van der Waals surface area contributed by atoms with E-state index >= 15 is 0 Å². The maximum absolute atomic E-state index is 5.82. The third-order valence-corrected chi connectivity index (χ3v) is 3.77. The smallest absolute Gasteiger partial charge is 0.0813 e. The van der Waals surface area contributed by atoms with Gasteiger partial charge in [-0.05, 0) is 18.4 Å². The van der Waals surface area contributed by atoms with Crippen molar-refractivity contribution in [2.45, 2.75) is 31.7 Å². The van der Waals surface area contributed by atoms with E-state index in [1.165, 1.54) is 12.0 Å². The minimum absolute atomic E-state index is 0.309. The van der Waals surface area contributed by atoms with Crippen LogP contribution in [0.5, 0.6) is 0 Å². The SMILES string of the molecule is IC[C@@H]1CC[C@@H](COCc2ccccc2)O1. The topological polar surface area (TPSA) is 18.5 Å². The predicted octanol–water partition coefficient (Wildman–Crippen LogP) is 3.19. The second kappa shape index (κ2) is 6.57. The Bertz CT molecular complexity index is 302. The van der Waals surface area contributed by atoms with Crippen LogP contribution < -0.4 is 0 Å². The Morgan fingerprint density at radius 2 is 1.94 bits per heavy atom. The maximum Gasteiger partial charge on any atom is 0.0813 e. The molecule has 0 amide bonds. The van der Waals surface area contributed by atoms with Gasteiger partial charge in [0.15, 0.2) is 0 Å². The molecule has 0 unspecified atom stereocenters. The summed E-state index contributed by atoms with van der Waals surface area (Å²) >= 11 is 2.38. The molecule has 0 spiro atoms. The van der Waals surface area contributed by atoms with Crippen LogP contribution in [0.25, 0.3) is 0 Å². The Hall–Kier alpha value is -0.130. The average molecular weight is 332 g/mol. The second-order valence-corrected chi connectivity index (χ2v) is 4.99. The van der Waals surface area contributed by atoms with Gasteiger partial charge in [-0.3, -0.25) is 0 Å². The van der Waals surface area contributed by atoms with Crippen LogP contribution >= 0.6 is 22.6 Å². The van der Waals surface area contributed by atoms with Crippen molar-refractivity contribution in [3.05, 3.63) is 35.9 Å². The first-order valence-electron chi connectivity index (χ1n) is 5.71. The number of ether oxygens (including phenoxy) is 2. The van der Waals surface area contributed by atoms with Crippen LogP contribution in [0.1, 0.15) is 18.4 Å². The molecule has 1 aliphatic rings. The van der Waals surface area contributed by atoms with Gasteiger partial charge < -0.3 is 9.47 Å². The quantitative estimate of drug-likeness (QED) is 0.609. The first kappa shape index (κ1) is 12.3. The van der Waals surface area contributed by atoms with E-state index in [1.807, 2.05) is 18.2 Å². The summed E-state index contributed by atoms with van der Waals surface area (Å²) in [6.45, 7) is 1.41. The molecule has 2 atom stereocenters. The molecule has 3 heteroatoms. The molecule has 2 nitrogen and oxygen atoms in total. The monoisotopic (exact) mass is 332 g/mol. The summed E-state index contributed by atoms with van der Waals surface area (Å²) in [6, 6.07) is 10.3. The Morgan fingerprint density at radius 3 is 2.62 bits per heavy atom. The Kier molecular flexibility index (Phi) is 5.06. The highest BCUT2D eigenvalue weighted by atomic mass is 127. The van der Waals surface area contributed by atoms with E-state index in [4.69, 9.17) is 9.47 Å². The highest BCUT2D eigenvalue weighted by Crippen LogP contribution is 2.21. The van der Waals surface area contributed by atoms with Gasteiger partial charge in [-0.25, -0.2) is 0 Å². The largest absolute Gasteiger partial charge is 0.374 e. The number of hydrogen-bond acceptors (Lipinski definition) is 2. The normalized spacial score (nSPS) is 24.8. The van der Waals surface area contributed by atoms with E-state index < -0.39 is 0 Å². The standard InChI is InChI=1S/C13H17IO2/c14-8-12-6-7-13(16-12)10-15-9-11-4-2-1-3-5-11/h1-5,12-13H,6-10H2/t12-,13-/m0/s1. The van der Waals surface area contributed by atoms with Gasteiger partial charge in [0.25, 0.3) is 0 Å². The fourth-order valence-corrected chi connectivity index (χ4v) is 2.55. The van der Waals surface area contributed by atoms with E-state index in [0.29, 0.717) is 18.8 Å². The third-order valence-electron chi connectivity index (χ3n) is 2.78. The minimum Gasteiger partial charge on any atom is -0.374 e. The van der Waals surface area contributed by atoms with Crippen molar-refractivity contribution in [2.24, 2.45) is 0 Å². The molecule has 0 aliphatic carbocycles. The molecule has 1 heterocycles. The fraction of sp³-hybridized carbons (Fsp3) is 0.538. The number of benzene rings is 1. The van der Waals surface area contributed by atoms with Gasteiger partial charge >= 0.3 is 0 Å². The zero-order valence-electron chi connectivity index (χ0n) is 9.27. The first-order valence-corrected chi connectivity index (χ1v) is 7.24. The number of alkyl halides is 1. The summed E-state index contributed by atoms with van der Waals surface area (Å²) in [7, 11) is 0. The Morgan fingerprint density at radius 1 is 1.19 bits per heavy atom. The van der Waals surface area contributed by atoms with Crippen LogP contribution in [0.4, 0.5) is 0 Å². The number of halogens is 1. The lowest BCUT2D eigenvalue weighted by molar-refractivity contribution is -0.0122. The lowest BCUT2D eigenvalue weighted by Crippen LogP contribution is -2.17. The van der Waals surface area contributed by atoms with E-state index in [0.717, 1.165) is 17.5 Å². The zero-order chi connectivity index (χ0) is 11.2. The molecule has 1 saturated heterocycles. The molecular formula is C13H17IO2. The van der Waals surface area contributed by atoms with E-state index in [2.05, 4.69) is 34.7 Å². The lowest BCUT2D eigenvalue weighted by atomic mass is 10.2. The van der Waals surface area contributed by atoms with Crippen molar-refractivity contribution < 1.29 is 9.47 Å². The van der Waals surface area contributed by atoms with Crippen molar-refractivity contribution in [3.63, 3.8) is 0 Å². The fourth-order valence-electron chi connectivity index (χ4n) is 1.90. The van der Waals surface area contributed by atoms with Crippen LogP contribution in [0, 0.1) is 0 Å². The van der Waals surface area contributed by atoms with Crippen molar-refractivity contribution in [1.29, 1.82) is 0 Å². The average Bonchev–Trinajstić information content (AvgIpc) is 2.78. The molecule has 1 fully saturated rings. The van der Waals surface area contributed by atoms with Gasteiger partial charge in [-0.15, -0.1) is 0 Å². The van der Waals surface area contributed by atoms with Gasteiger partial charge in [-0.2, -0.15) is 0 Å². The molecule has 0 N–H and O–H groups in total. The molecule has 1 aromatic rings. The molecule has 1 aromatic carbocycles. The Balaban J connectivity index is 1.65. The maximum atomic E-state index is 5.82. The van der Waals surface area contributed by atoms with Crippen LogP contribution in [-0.4, -0.2) is 23.2 Å². The molecule has 16 heavy (non-hydrogen) atoms. The summed E-state index contributed by atoms with van der Waals surface area (Å²) in [5.41, 5.74) is 1.23. The molecule has 0 aromatic heterocycles. The molecular weight excluding hydrogens is 315 g/mol. The van der Waals surface area contributed by atoms with Gasteiger partial charge in [0.05, 0.1) is 25.4 Å². The summed E-state index contributed by atoms with van der Waals surface area (Å²) < 4.78 is 12.6. The van der Waals surface area contributed by atoms with Gasteiger partial charge in [-0.1, -0.05) is 52.9 Å². The molecule has 1 aliphatic heterocycles. The highest BCUT2D eigenvalue weighted by Gasteiger charge is 2.24. The highest BCUT2D eigenvalue weighted by molar-refractivity contribution is 14.1. The summed E-state index contributed by atoms with van der Waals surface area (Å²) in [4.78, 5) is 0. The van der Waals surface area contributed by atoms with Crippen LogP contribution in [-0.2, 0) is 16.1 Å². The molecule has 88 valence electrons. The van der Waals surface area contributed by atoms with Crippen LogP contribution in [0.15, 0.2) is 30.3 Å². The predicted molar refractivity (Wildman–Crippen MR) is 72.9 cm³/mol. The summed E-state index contributed by atoms with van der Waals surface area (Å²) in [5.74, 6) is 0. The van der Waals surface area contributed by atoms with E-state index in [9.17, 15) is 0 Å². The minimum atomic E-state index is 0.309. The van der Waals surface area contributed by atoms with Gasteiger partial charge in [0, 0.05) is 4.43 Å². The first-order chi connectivity index (χ1) is 7.88. The molecule has 0 saturated carbocycles. The van der Waals surface area contributed by atoms with Crippen molar-refractivity contribution in [2.75, 3.05) is 11.0 Å². The summed E-state index contributed by atoms with van der Waals surface area (Å²) in [6.07, 6.45) is 3.08. The van der Waals surface area contributed by atoms with Crippen molar-refractivity contribution in [1.82, 2.24) is 0 Å². The van der Waals surface area contributed by atoms with Crippen molar-refractivity contribution >= 4 is 22.6 Å². The van der Waals surface area contributed by atoms with E-state index in [1.54, 1.807) is 0 Å². The molecule has 0 radical (unpaired) electrons. The zero-order valence-corrected chi connectivity index (χ0v) is 11.4. The van der Waals surface area contributed by atoms with Gasteiger partial charge in [0.2, 0.25) is 0 Å². The van der Waals surface area contributed by atoms with Crippen LogP contribution in [0.2, 0.25) is 0 Å². The second-order valence-electron chi connectivity index (χ2n) is 4.11.